The van der Waals surface area contributed by atoms with Crippen LogP contribution in [-0.4, -0.2) is 67.0 Å². The third-order valence-corrected chi connectivity index (χ3v) is 4.86. The summed E-state index contributed by atoms with van der Waals surface area (Å²) in [5.74, 6) is 1.95. The summed E-state index contributed by atoms with van der Waals surface area (Å²) in [6.45, 7) is 4.10. The number of benzene rings is 1. The Kier molecular flexibility index (Phi) is 7.20. The van der Waals surface area contributed by atoms with Crippen LogP contribution in [0.2, 0.25) is 0 Å². The normalized spacial score (nSPS) is 17.1. The number of thioether (sulfide) groups is 1. The Morgan fingerprint density at radius 3 is 2.65 bits per heavy atom. The van der Waals surface area contributed by atoms with Crippen LogP contribution in [0.1, 0.15) is 12.0 Å². The first-order chi connectivity index (χ1) is 11.2. The van der Waals surface area contributed by atoms with Crippen molar-refractivity contribution in [2.24, 2.45) is 5.73 Å². The minimum Gasteiger partial charge on any atom is -0.496 e. The van der Waals surface area contributed by atoms with Crippen LogP contribution in [0.5, 0.6) is 5.75 Å². The standard InChI is InChI=1S/C17H27N3O2S/c1-22-16-6-4-3-5-14(16)13-19-8-10-20(11-9-19)17(21)15(18)7-12-23-2/h3-6,15H,7-13,18H2,1-2H3/t15-/m0/s1. The van der Waals surface area contributed by atoms with Gasteiger partial charge in [0.1, 0.15) is 5.75 Å². The minimum absolute atomic E-state index is 0.0935. The number of para-hydroxylation sites is 1. The summed E-state index contributed by atoms with van der Waals surface area (Å²) in [4.78, 5) is 16.6. The van der Waals surface area contributed by atoms with Crippen molar-refractivity contribution in [3.8, 4) is 5.75 Å². The van der Waals surface area contributed by atoms with Crippen molar-refractivity contribution in [3.05, 3.63) is 29.8 Å². The Morgan fingerprint density at radius 1 is 1.30 bits per heavy atom. The van der Waals surface area contributed by atoms with Gasteiger partial charge in [-0.05, 0) is 24.5 Å². The van der Waals surface area contributed by atoms with E-state index in [0.717, 1.165) is 50.6 Å². The highest BCUT2D eigenvalue weighted by molar-refractivity contribution is 7.98. The molecule has 0 spiro atoms. The topological polar surface area (TPSA) is 58.8 Å². The average molecular weight is 337 g/mol. The first-order valence-corrected chi connectivity index (χ1v) is 9.42. The molecule has 1 aliphatic rings. The summed E-state index contributed by atoms with van der Waals surface area (Å²) in [7, 11) is 1.70. The van der Waals surface area contributed by atoms with Gasteiger partial charge in [0, 0.05) is 38.3 Å². The lowest BCUT2D eigenvalue weighted by Gasteiger charge is -2.36. The van der Waals surface area contributed by atoms with E-state index < -0.39 is 0 Å². The fourth-order valence-electron chi connectivity index (χ4n) is 2.80. The Hall–Kier alpha value is -1.24. The zero-order valence-electron chi connectivity index (χ0n) is 14.0. The van der Waals surface area contributed by atoms with Crippen molar-refractivity contribution < 1.29 is 9.53 Å². The number of hydrogen-bond donors (Lipinski definition) is 1. The molecule has 1 atom stereocenters. The van der Waals surface area contributed by atoms with Gasteiger partial charge in [-0.2, -0.15) is 11.8 Å². The van der Waals surface area contributed by atoms with E-state index >= 15 is 0 Å². The monoisotopic (exact) mass is 337 g/mol. The van der Waals surface area contributed by atoms with Gasteiger partial charge < -0.3 is 15.4 Å². The van der Waals surface area contributed by atoms with Crippen molar-refractivity contribution >= 4 is 17.7 Å². The molecule has 0 radical (unpaired) electrons. The largest absolute Gasteiger partial charge is 0.496 e. The molecule has 1 saturated heterocycles. The van der Waals surface area contributed by atoms with E-state index in [1.54, 1.807) is 18.9 Å². The summed E-state index contributed by atoms with van der Waals surface area (Å²) < 4.78 is 5.41. The van der Waals surface area contributed by atoms with Crippen molar-refractivity contribution in [2.45, 2.75) is 19.0 Å². The van der Waals surface area contributed by atoms with Gasteiger partial charge in [-0.1, -0.05) is 18.2 Å². The van der Waals surface area contributed by atoms with E-state index in [0.29, 0.717) is 0 Å². The van der Waals surface area contributed by atoms with Crippen molar-refractivity contribution in [1.29, 1.82) is 0 Å². The molecule has 2 rings (SSSR count). The smallest absolute Gasteiger partial charge is 0.239 e. The first-order valence-electron chi connectivity index (χ1n) is 8.03. The Balaban J connectivity index is 1.83. The quantitative estimate of drug-likeness (QED) is 0.815. The van der Waals surface area contributed by atoms with Gasteiger partial charge in [0.15, 0.2) is 0 Å². The summed E-state index contributed by atoms with van der Waals surface area (Å²) in [5, 5.41) is 0. The minimum atomic E-state index is -0.358. The molecule has 1 amide bonds. The number of rotatable bonds is 7. The molecule has 0 bridgehead atoms. The number of amides is 1. The van der Waals surface area contributed by atoms with Crippen LogP contribution < -0.4 is 10.5 Å². The Bertz CT molecular complexity index is 504. The molecule has 5 nitrogen and oxygen atoms in total. The number of piperazine rings is 1. The van der Waals surface area contributed by atoms with Gasteiger partial charge >= 0.3 is 0 Å². The van der Waals surface area contributed by atoms with Crippen LogP contribution in [0.3, 0.4) is 0 Å². The van der Waals surface area contributed by atoms with Gasteiger partial charge in [-0.15, -0.1) is 0 Å². The lowest BCUT2D eigenvalue weighted by Crippen LogP contribution is -2.53. The number of nitrogens with zero attached hydrogens (tertiary/aromatic N) is 2. The highest BCUT2D eigenvalue weighted by Gasteiger charge is 2.25. The van der Waals surface area contributed by atoms with Crippen molar-refractivity contribution in [1.82, 2.24) is 9.80 Å². The van der Waals surface area contributed by atoms with E-state index in [1.807, 2.05) is 29.4 Å². The first kappa shape index (κ1) is 18.1. The molecule has 6 heteroatoms. The molecule has 1 fully saturated rings. The Labute approximate surface area is 143 Å². The maximum Gasteiger partial charge on any atom is 0.239 e. The number of hydrogen-bond acceptors (Lipinski definition) is 5. The average Bonchev–Trinajstić information content (AvgIpc) is 2.60. The fraction of sp³-hybridized carbons (Fsp3) is 0.588. The van der Waals surface area contributed by atoms with E-state index in [4.69, 9.17) is 10.5 Å². The van der Waals surface area contributed by atoms with Crippen LogP contribution in [0.15, 0.2) is 24.3 Å². The third-order valence-electron chi connectivity index (χ3n) is 4.22. The highest BCUT2D eigenvalue weighted by atomic mass is 32.2. The van der Waals surface area contributed by atoms with E-state index in [2.05, 4.69) is 11.0 Å². The highest BCUT2D eigenvalue weighted by Crippen LogP contribution is 2.20. The number of carbonyl (C=O) groups is 1. The lowest BCUT2D eigenvalue weighted by molar-refractivity contribution is -0.134. The van der Waals surface area contributed by atoms with E-state index in [1.165, 1.54) is 5.56 Å². The lowest BCUT2D eigenvalue weighted by atomic mass is 10.1. The zero-order valence-corrected chi connectivity index (χ0v) is 14.8. The van der Waals surface area contributed by atoms with Crippen LogP contribution in [0.4, 0.5) is 0 Å². The van der Waals surface area contributed by atoms with Gasteiger partial charge in [-0.3, -0.25) is 9.69 Å². The number of carbonyl (C=O) groups excluding carboxylic acids is 1. The molecule has 0 aliphatic carbocycles. The summed E-state index contributed by atoms with van der Waals surface area (Å²) in [6, 6.07) is 7.73. The molecule has 0 unspecified atom stereocenters. The molecule has 0 aromatic heterocycles. The van der Waals surface area contributed by atoms with E-state index in [9.17, 15) is 4.79 Å². The number of nitrogens with two attached hydrogens (primary N) is 1. The molecule has 0 saturated carbocycles. The maximum atomic E-state index is 12.3. The zero-order chi connectivity index (χ0) is 16.7. The summed E-state index contributed by atoms with van der Waals surface area (Å²) >= 11 is 1.73. The molecule has 2 N–H and O–H groups in total. The molecule has 1 aromatic rings. The summed E-state index contributed by atoms with van der Waals surface area (Å²) in [6.07, 6.45) is 2.79. The van der Waals surface area contributed by atoms with Gasteiger partial charge in [0.25, 0.3) is 0 Å². The molecule has 128 valence electrons. The Morgan fingerprint density at radius 2 is 2.00 bits per heavy atom. The van der Waals surface area contributed by atoms with Crippen LogP contribution >= 0.6 is 11.8 Å². The molecular weight excluding hydrogens is 310 g/mol. The predicted octanol–water partition coefficient (Wildman–Crippen LogP) is 1.42. The van der Waals surface area contributed by atoms with Crippen LogP contribution in [-0.2, 0) is 11.3 Å². The second kappa shape index (κ2) is 9.15. The second-order valence-electron chi connectivity index (χ2n) is 5.80. The molecule has 23 heavy (non-hydrogen) atoms. The number of methoxy groups -OCH3 is 1. The van der Waals surface area contributed by atoms with Gasteiger partial charge in [0.05, 0.1) is 13.2 Å². The SMILES string of the molecule is COc1ccccc1CN1CCN(C(=O)[C@@H](N)CCSC)CC1. The molecule has 1 aromatic carbocycles. The van der Waals surface area contributed by atoms with Crippen LogP contribution in [0, 0.1) is 0 Å². The maximum absolute atomic E-state index is 12.3. The second-order valence-corrected chi connectivity index (χ2v) is 6.79. The molecule has 1 heterocycles. The third kappa shape index (κ3) is 5.12. The van der Waals surface area contributed by atoms with Crippen LogP contribution in [0.25, 0.3) is 0 Å². The van der Waals surface area contributed by atoms with Gasteiger partial charge in [0.2, 0.25) is 5.91 Å². The fourth-order valence-corrected chi connectivity index (χ4v) is 3.29. The van der Waals surface area contributed by atoms with Crippen molar-refractivity contribution in [2.75, 3.05) is 45.3 Å². The molecular formula is C17H27N3O2S. The van der Waals surface area contributed by atoms with Gasteiger partial charge in [-0.25, -0.2) is 0 Å². The predicted molar refractivity (Wildman–Crippen MR) is 95.8 cm³/mol. The molecule has 1 aliphatic heterocycles. The van der Waals surface area contributed by atoms with Crippen molar-refractivity contribution in [3.63, 3.8) is 0 Å². The van der Waals surface area contributed by atoms with E-state index in [-0.39, 0.29) is 11.9 Å². The summed E-state index contributed by atoms with van der Waals surface area (Å²) in [5.41, 5.74) is 7.18. The number of ether oxygens (including phenoxy) is 1.